The van der Waals surface area contributed by atoms with Gasteiger partial charge >= 0.3 is 0 Å². The predicted octanol–water partition coefficient (Wildman–Crippen LogP) is 3.58. The van der Waals surface area contributed by atoms with Gasteiger partial charge in [-0.3, -0.25) is 0 Å². The van der Waals surface area contributed by atoms with Crippen LogP contribution in [0.5, 0.6) is 5.75 Å². The van der Waals surface area contributed by atoms with Crippen molar-refractivity contribution in [3.05, 3.63) is 71.1 Å². The molecule has 2 heterocycles. The Hall–Kier alpha value is -2.78. The Bertz CT molecular complexity index is 1150. The van der Waals surface area contributed by atoms with Crippen molar-refractivity contribution in [3.63, 3.8) is 0 Å². The van der Waals surface area contributed by atoms with E-state index >= 15 is 0 Å². The molecule has 1 aliphatic heterocycles. The Balaban J connectivity index is 1.40. The van der Waals surface area contributed by atoms with Crippen LogP contribution in [0.3, 0.4) is 0 Å². The van der Waals surface area contributed by atoms with Crippen LogP contribution >= 0.6 is 0 Å². The molecular formula is C21H22FN3O4S. The zero-order chi connectivity index (χ0) is 21.3. The number of hydrogen-bond donors (Lipinski definition) is 0. The van der Waals surface area contributed by atoms with Crippen molar-refractivity contribution in [2.24, 2.45) is 0 Å². The Morgan fingerprint density at radius 2 is 1.97 bits per heavy atom. The number of sulfonamides is 1. The van der Waals surface area contributed by atoms with E-state index in [1.165, 1.54) is 22.5 Å². The molecule has 1 saturated heterocycles. The van der Waals surface area contributed by atoms with Crippen molar-refractivity contribution in [1.29, 1.82) is 0 Å². The number of benzene rings is 2. The van der Waals surface area contributed by atoms with E-state index < -0.39 is 15.8 Å². The molecule has 9 heteroatoms. The number of rotatable bonds is 6. The van der Waals surface area contributed by atoms with Crippen molar-refractivity contribution in [2.45, 2.75) is 37.7 Å². The van der Waals surface area contributed by atoms with Gasteiger partial charge in [-0.15, -0.1) is 0 Å². The summed E-state index contributed by atoms with van der Waals surface area (Å²) in [7, 11) is -3.71. The van der Waals surface area contributed by atoms with Crippen LogP contribution in [0.15, 0.2) is 51.9 Å². The molecule has 1 aliphatic rings. The first-order valence-electron chi connectivity index (χ1n) is 9.61. The monoisotopic (exact) mass is 431 g/mol. The van der Waals surface area contributed by atoms with E-state index in [1.807, 2.05) is 31.2 Å². The van der Waals surface area contributed by atoms with Crippen LogP contribution in [0, 0.1) is 19.7 Å². The summed E-state index contributed by atoms with van der Waals surface area (Å²) in [5.74, 6) is 0.901. The summed E-state index contributed by atoms with van der Waals surface area (Å²) < 4.78 is 51.5. The molecule has 2 aromatic carbocycles. The summed E-state index contributed by atoms with van der Waals surface area (Å²) in [6.07, 6.45) is 0.581. The van der Waals surface area contributed by atoms with E-state index in [0.29, 0.717) is 36.0 Å². The lowest BCUT2D eigenvalue weighted by molar-refractivity contribution is 0.242. The Morgan fingerprint density at radius 3 is 2.70 bits per heavy atom. The highest BCUT2D eigenvalue weighted by Crippen LogP contribution is 2.30. The minimum absolute atomic E-state index is 0.0855. The van der Waals surface area contributed by atoms with Crippen LogP contribution in [0.4, 0.5) is 4.39 Å². The number of ether oxygens (including phenoxy) is 1. The standard InChI is InChI=1S/C21H22FN3O4S/c1-14-3-5-17(6-4-14)28-13-20-23-21(24-29-20)16-9-10-25(12-16)30(26,27)18-7-8-19(22)15(2)11-18/h3-8,11,16H,9-10,12-13H2,1-2H3. The first kappa shape index (κ1) is 20.5. The average Bonchev–Trinajstić information content (AvgIpc) is 3.39. The lowest BCUT2D eigenvalue weighted by Gasteiger charge is -2.16. The molecule has 0 amide bonds. The maximum absolute atomic E-state index is 13.5. The Morgan fingerprint density at radius 1 is 1.20 bits per heavy atom. The van der Waals surface area contributed by atoms with Crippen molar-refractivity contribution in [3.8, 4) is 5.75 Å². The molecule has 7 nitrogen and oxygen atoms in total. The van der Waals surface area contributed by atoms with Gasteiger partial charge in [0.25, 0.3) is 5.89 Å². The van der Waals surface area contributed by atoms with Gasteiger partial charge in [0.1, 0.15) is 11.6 Å². The first-order valence-corrected chi connectivity index (χ1v) is 11.0. The van der Waals surface area contributed by atoms with Gasteiger partial charge in [-0.25, -0.2) is 12.8 Å². The van der Waals surface area contributed by atoms with Crippen LogP contribution in [-0.4, -0.2) is 36.0 Å². The van der Waals surface area contributed by atoms with Gasteiger partial charge in [-0.05, 0) is 56.2 Å². The van der Waals surface area contributed by atoms with Gasteiger partial charge in [0.2, 0.25) is 10.0 Å². The predicted molar refractivity (Wildman–Crippen MR) is 107 cm³/mol. The topological polar surface area (TPSA) is 85.5 Å². The highest BCUT2D eigenvalue weighted by atomic mass is 32.2. The SMILES string of the molecule is Cc1ccc(OCc2nc(C3CCN(S(=O)(=O)c4ccc(F)c(C)c4)C3)no2)cc1. The van der Waals surface area contributed by atoms with Gasteiger partial charge in [-0.2, -0.15) is 9.29 Å². The van der Waals surface area contributed by atoms with Crippen LogP contribution < -0.4 is 4.74 Å². The molecule has 1 aromatic heterocycles. The zero-order valence-electron chi connectivity index (χ0n) is 16.7. The second kappa shape index (κ2) is 8.16. The fourth-order valence-electron chi connectivity index (χ4n) is 3.36. The number of aryl methyl sites for hydroxylation is 2. The second-order valence-electron chi connectivity index (χ2n) is 7.41. The maximum Gasteiger partial charge on any atom is 0.264 e. The second-order valence-corrected chi connectivity index (χ2v) is 9.35. The van der Waals surface area contributed by atoms with E-state index in [4.69, 9.17) is 9.26 Å². The van der Waals surface area contributed by atoms with E-state index in [-0.39, 0.29) is 24.0 Å². The molecule has 0 aliphatic carbocycles. The molecular weight excluding hydrogens is 409 g/mol. The number of halogens is 1. The fourth-order valence-corrected chi connectivity index (χ4v) is 4.94. The smallest absolute Gasteiger partial charge is 0.264 e. The summed E-state index contributed by atoms with van der Waals surface area (Å²) in [4.78, 5) is 4.45. The van der Waals surface area contributed by atoms with E-state index in [2.05, 4.69) is 10.1 Å². The van der Waals surface area contributed by atoms with Crippen molar-refractivity contribution >= 4 is 10.0 Å². The van der Waals surface area contributed by atoms with E-state index in [0.717, 1.165) is 5.56 Å². The van der Waals surface area contributed by atoms with E-state index in [1.54, 1.807) is 6.92 Å². The molecule has 0 saturated carbocycles. The van der Waals surface area contributed by atoms with Gasteiger partial charge in [0.15, 0.2) is 12.4 Å². The zero-order valence-corrected chi connectivity index (χ0v) is 17.5. The molecule has 0 radical (unpaired) electrons. The van der Waals surface area contributed by atoms with Crippen LogP contribution in [-0.2, 0) is 16.6 Å². The maximum atomic E-state index is 13.5. The Kier molecular flexibility index (Phi) is 5.57. The summed E-state index contributed by atoms with van der Waals surface area (Å²) >= 11 is 0. The van der Waals surface area contributed by atoms with Crippen molar-refractivity contribution < 1.29 is 22.1 Å². The van der Waals surface area contributed by atoms with Crippen LogP contribution in [0.2, 0.25) is 0 Å². The molecule has 1 atom stereocenters. The number of nitrogens with zero attached hydrogens (tertiary/aromatic N) is 3. The molecule has 0 N–H and O–H groups in total. The minimum atomic E-state index is -3.71. The number of hydrogen-bond acceptors (Lipinski definition) is 6. The van der Waals surface area contributed by atoms with Gasteiger partial charge in [0.05, 0.1) is 4.90 Å². The van der Waals surface area contributed by atoms with Crippen LogP contribution in [0.25, 0.3) is 0 Å². The first-order chi connectivity index (χ1) is 14.3. The third kappa shape index (κ3) is 4.22. The summed E-state index contributed by atoms with van der Waals surface area (Å²) in [6.45, 7) is 4.26. The lowest BCUT2D eigenvalue weighted by Crippen LogP contribution is -2.28. The molecule has 0 bridgehead atoms. The summed E-state index contributed by atoms with van der Waals surface area (Å²) in [5.41, 5.74) is 1.43. The quantitative estimate of drug-likeness (QED) is 0.593. The molecule has 3 aromatic rings. The molecule has 30 heavy (non-hydrogen) atoms. The lowest BCUT2D eigenvalue weighted by atomic mass is 10.1. The van der Waals surface area contributed by atoms with E-state index in [9.17, 15) is 12.8 Å². The normalized spacial score (nSPS) is 17.4. The average molecular weight is 431 g/mol. The van der Waals surface area contributed by atoms with Gasteiger partial charge in [-0.1, -0.05) is 22.9 Å². The summed E-state index contributed by atoms with van der Waals surface area (Å²) in [5, 5.41) is 4.00. The molecule has 158 valence electrons. The largest absolute Gasteiger partial charge is 0.484 e. The molecule has 0 spiro atoms. The fraction of sp³-hybridized carbons (Fsp3) is 0.333. The Labute approximate surface area is 174 Å². The van der Waals surface area contributed by atoms with Crippen molar-refractivity contribution in [1.82, 2.24) is 14.4 Å². The van der Waals surface area contributed by atoms with Crippen molar-refractivity contribution in [2.75, 3.05) is 13.1 Å². The highest BCUT2D eigenvalue weighted by Gasteiger charge is 2.35. The van der Waals surface area contributed by atoms with Gasteiger partial charge < -0.3 is 9.26 Å². The molecule has 1 fully saturated rings. The number of aromatic nitrogens is 2. The molecule has 4 rings (SSSR count). The van der Waals surface area contributed by atoms with Crippen LogP contribution in [0.1, 0.15) is 35.2 Å². The third-order valence-corrected chi connectivity index (χ3v) is 7.01. The van der Waals surface area contributed by atoms with Gasteiger partial charge in [0, 0.05) is 19.0 Å². The third-order valence-electron chi connectivity index (χ3n) is 5.15. The highest BCUT2D eigenvalue weighted by molar-refractivity contribution is 7.89. The molecule has 1 unspecified atom stereocenters. The summed E-state index contributed by atoms with van der Waals surface area (Å²) in [6, 6.07) is 11.4. The minimum Gasteiger partial charge on any atom is -0.484 e.